The molecule has 1 aromatic rings. The van der Waals surface area contributed by atoms with Crippen molar-refractivity contribution in [3.63, 3.8) is 0 Å². The molecule has 0 atom stereocenters. The zero-order chi connectivity index (χ0) is 6.69. The Labute approximate surface area is 52.7 Å². The van der Waals surface area contributed by atoms with E-state index in [9.17, 15) is 4.39 Å². The highest BCUT2D eigenvalue weighted by atomic mass is 19.1. The Morgan fingerprint density at radius 2 is 2.56 bits per heavy atom. The van der Waals surface area contributed by atoms with Crippen molar-refractivity contribution in [1.82, 2.24) is 4.98 Å². The highest BCUT2D eigenvalue weighted by molar-refractivity contribution is 4.88. The summed E-state index contributed by atoms with van der Waals surface area (Å²) in [5, 5.41) is 0. The van der Waals surface area contributed by atoms with Crippen LogP contribution in [0.1, 0.15) is 19.1 Å². The minimum absolute atomic E-state index is 0.620. The first-order chi connectivity index (χ1) is 4.33. The van der Waals surface area contributed by atoms with E-state index < -0.39 is 6.14 Å². The van der Waals surface area contributed by atoms with Gasteiger partial charge in [0, 0.05) is 6.42 Å². The van der Waals surface area contributed by atoms with Gasteiger partial charge < -0.3 is 4.42 Å². The Balaban J connectivity index is 2.61. The van der Waals surface area contributed by atoms with Crippen LogP contribution >= 0.6 is 0 Å². The maximum Gasteiger partial charge on any atom is 0.381 e. The molecule has 0 saturated carbocycles. The van der Waals surface area contributed by atoms with Gasteiger partial charge in [0.2, 0.25) is 0 Å². The lowest BCUT2D eigenvalue weighted by Crippen LogP contribution is -1.74. The van der Waals surface area contributed by atoms with Crippen molar-refractivity contribution < 1.29 is 8.81 Å². The summed E-state index contributed by atoms with van der Waals surface area (Å²) >= 11 is 0. The van der Waals surface area contributed by atoms with Crippen molar-refractivity contribution in [3.05, 3.63) is 18.1 Å². The fourth-order valence-corrected chi connectivity index (χ4v) is 0.646. The summed E-state index contributed by atoms with van der Waals surface area (Å²) in [5.74, 6) is 0.620. The van der Waals surface area contributed by atoms with Gasteiger partial charge in [0.25, 0.3) is 0 Å². The van der Waals surface area contributed by atoms with E-state index in [2.05, 4.69) is 9.40 Å². The molecule has 0 spiro atoms. The lowest BCUT2D eigenvalue weighted by molar-refractivity contribution is 0.317. The number of aromatic nitrogens is 1. The average molecular weight is 129 g/mol. The number of rotatable bonds is 2. The molecule has 0 aliphatic heterocycles. The van der Waals surface area contributed by atoms with Crippen LogP contribution in [0.25, 0.3) is 0 Å². The highest BCUT2D eigenvalue weighted by Crippen LogP contribution is 2.03. The van der Waals surface area contributed by atoms with Crippen LogP contribution in [0.3, 0.4) is 0 Å². The number of nitrogens with zero attached hydrogens (tertiary/aromatic N) is 1. The highest BCUT2D eigenvalue weighted by Gasteiger charge is 1.98. The van der Waals surface area contributed by atoms with Gasteiger partial charge >= 0.3 is 6.14 Å². The van der Waals surface area contributed by atoms with Crippen molar-refractivity contribution in [2.45, 2.75) is 19.8 Å². The molecule has 0 fully saturated rings. The molecule has 0 N–H and O–H groups in total. The van der Waals surface area contributed by atoms with Crippen molar-refractivity contribution in [3.8, 4) is 0 Å². The van der Waals surface area contributed by atoms with Gasteiger partial charge in [0.05, 0.1) is 6.20 Å². The van der Waals surface area contributed by atoms with E-state index >= 15 is 0 Å². The van der Waals surface area contributed by atoms with E-state index in [0.29, 0.717) is 5.76 Å². The molecule has 50 valence electrons. The summed E-state index contributed by atoms with van der Waals surface area (Å²) in [7, 11) is 0. The largest absolute Gasteiger partial charge is 0.420 e. The van der Waals surface area contributed by atoms with E-state index in [0.717, 1.165) is 12.8 Å². The lowest BCUT2D eigenvalue weighted by Gasteiger charge is -1.84. The van der Waals surface area contributed by atoms with Crippen molar-refractivity contribution in [2.24, 2.45) is 0 Å². The monoisotopic (exact) mass is 129 g/mol. The molecule has 0 amide bonds. The fourth-order valence-electron chi connectivity index (χ4n) is 0.646. The smallest absolute Gasteiger partial charge is 0.381 e. The van der Waals surface area contributed by atoms with E-state index in [-0.39, 0.29) is 0 Å². The Hall–Kier alpha value is -0.860. The molecule has 1 heterocycles. The van der Waals surface area contributed by atoms with Gasteiger partial charge in [0.1, 0.15) is 5.76 Å². The molecule has 9 heavy (non-hydrogen) atoms. The Morgan fingerprint density at radius 1 is 1.78 bits per heavy atom. The van der Waals surface area contributed by atoms with Crippen LogP contribution in [-0.2, 0) is 6.42 Å². The van der Waals surface area contributed by atoms with E-state index in [1.165, 1.54) is 6.20 Å². The first-order valence-electron chi connectivity index (χ1n) is 2.93. The van der Waals surface area contributed by atoms with Gasteiger partial charge in [-0.15, -0.1) is 4.39 Å². The first kappa shape index (κ1) is 6.26. The standard InChI is InChI=1S/C6H8FNO/c1-2-3-5-4-8-6(7)9-5/h4H,2-3H2,1H3. The molecule has 0 unspecified atom stereocenters. The van der Waals surface area contributed by atoms with Gasteiger partial charge in [0.15, 0.2) is 0 Å². The van der Waals surface area contributed by atoms with E-state index in [4.69, 9.17) is 0 Å². The zero-order valence-electron chi connectivity index (χ0n) is 5.22. The molecule has 0 saturated heterocycles. The van der Waals surface area contributed by atoms with Crippen LogP contribution < -0.4 is 0 Å². The lowest BCUT2D eigenvalue weighted by atomic mass is 10.3. The molecule has 0 aliphatic rings. The fraction of sp³-hybridized carbons (Fsp3) is 0.500. The average Bonchev–Trinajstić information content (AvgIpc) is 2.17. The molecular formula is C6H8FNO. The third kappa shape index (κ3) is 1.52. The number of oxazole rings is 1. The Morgan fingerprint density at radius 3 is 3.00 bits per heavy atom. The second-order valence-electron chi connectivity index (χ2n) is 1.83. The van der Waals surface area contributed by atoms with Crippen LogP contribution in [0.4, 0.5) is 4.39 Å². The minimum Gasteiger partial charge on any atom is -0.420 e. The Bertz CT molecular complexity index is 185. The zero-order valence-corrected chi connectivity index (χ0v) is 5.22. The third-order valence-electron chi connectivity index (χ3n) is 1.02. The van der Waals surface area contributed by atoms with Crippen molar-refractivity contribution in [2.75, 3.05) is 0 Å². The van der Waals surface area contributed by atoms with Crippen molar-refractivity contribution >= 4 is 0 Å². The van der Waals surface area contributed by atoms with Crippen LogP contribution in [-0.4, -0.2) is 4.98 Å². The minimum atomic E-state index is -0.738. The summed E-state index contributed by atoms with van der Waals surface area (Å²) < 4.78 is 16.5. The molecule has 0 bridgehead atoms. The van der Waals surface area contributed by atoms with Crippen LogP contribution in [0, 0.1) is 6.14 Å². The predicted octanol–water partition coefficient (Wildman–Crippen LogP) is 1.77. The molecule has 1 aromatic heterocycles. The molecule has 2 nitrogen and oxygen atoms in total. The summed E-state index contributed by atoms with van der Waals surface area (Å²) in [6.07, 6.45) is 2.39. The summed E-state index contributed by atoms with van der Waals surface area (Å²) in [6.45, 7) is 2.00. The molecule has 0 radical (unpaired) electrons. The molecule has 3 heteroatoms. The van der Waals surface area contributed by atoms with Gasteiger partial charge in [-0.05, 0) is 6.42 Å². The number of hydrogen-bond acceptors (Lipinski definition) is 2. The maximum atomic E-state index is 12.0. The molecule has 0 aliphatic carbocycles. The summed E-state index contributed by atoms with van der Waals surface area (Å²) in [4.78, 5) is 3.30. The maximum absolute atomic E-state index is 12.0. The SMILES string of the molecule is CCCc1cnc(F)o1. The number of hydrogen-bond donors (Lipinski definition) is 0. The van der Waals surface area contributed by atoms with Crippen LogP contribution in [0.5, 0.6) is 0 Å². The van der Waals surface area contributed by atoms with Gasteiger partial charge in [-0.25, -0.2) is 0 Å². The van der Waals surface area contributed by atoms with Crippen molar-refractivity contribution in [1.29, 1.82) is 0 Å². The van der Waals surface area contributed by atoms with Gasteiger partial charge in [-0.2, -0.15) is 4.98 Å². The Kier molecular flexibility index (Phi) is 1.82. The van der Waals surface area contributed by atoms with E-state index in [1.54, 1.807) is 0 Å². The molecule has 0 aromatic carbocycles. The normalized spacial score (nSPS) is 10.0. The number of halogens is 1. The quantitative estimate of drug-likeness (QED) is 0.608. The third-order valence-corrected chi connectivity index (χ3v) is 1.02. The molecular weight excluding hydrogens is 121 g/mol. The second-order valence-corrected chi connectivity index (χ2v) is 1.83. The predicted molar refractivity (Wildman–Crippen MR) is 30.5 cm³/mol. The summed E-state index contributed by atoms with van der Waals surface area (Å²) in [6, 6.07) is 0. The van der Waals surface area contributed by atoms with Gasteiger partial charge in [-0.3, -0.25) is 0 Å². The second kappa shape index (κ2) is 2.62. The number of aryl methyl sites for hydroxylation is 1. The van der Waals surface area contributed by atoms with Crippen LogP contribution in [0.15, 0.2) is 10.6 Å². The topological polar surface area (TPSA) is 26.0 Å². The first-order valence-corrected chi connectivity index (χ1v) is 2.93. The van der Waals surface area contributed by atoms with Gasteiger partial charge in [-0.1, -0.05) is 6.92 Å². The summed E-state index contributed by atoms with van der Waals surface area (Å²) in [5.41, 5.74) is 0. The van der Waals surface area contributed by atoms with E-state index in [1.807, 2.05) is 6.92 Å². The van der Waals surface area contributed by atoms with Crippen LogP contribution in [0.2, 0.25) is 0 Å². The molecule has 1 rings (SSSR count).